The molecule has 34 heavy (non-hydrogen) atoms. The van der Waals surface area contributed by atoms with Crippen LogP contribution in [0.2, 0.25) is 0 Å². The fourth-order valence-electron chi connectivity index (χ4n) is 6.16. The van der Waals surface area contributed by atoms with Crippen LogP contribution in [0.3, 0.4) is 0 Å². The molecule has 2 amide bonds. The number of hydrogen-bond donors (Lipinski definition) is 1. The lowest BCUT2D eigenvalue weighted by atomic mass is 9.59. The van der Waals surface area contributed by atoms with Crippen molar-refractivity contribution in [2.24, 2.45) is 17.8 Å². The first-order chi connectivity index (χ1) is 15.9. The van der Waals surface area contributed by atoms with Gasteiger partial charge in [-0.25, -0.2) is 4.39 Å². The van der Waals surface area contributed by atoms with Crippen molar-refractivity contribution in [1.29, 1.82) is 0 Å². The summed E-state index contributed by atoms with van der Waals surface area (Å²) in [5.74, 6) is -5.16. The van der Waals surface area contributed by atoms with E-state index in [1.807, 2.05) is 6.08 Å². The molecule has 7 heteroatoms. The van der Waals surface area contributed by atoms with Crippen LogP contribution in [0.5, 0.6) is 5.75 Å². The van der Waals surface area contributed by atoms with Crippen LogP contribution in [0.4, 0.5) is 4.39 Å². The Bertz CT molecular complexity index is 1280. The summed E-state index contributed by atoms with van der Waals surface area (Å²) in [6.07, 6.45) is 3.59. The number of aromatic hydroxyl groups is 1. The van der Waals surface area contributed by atoms with Gasteiger partial charge in [0, 0.05) is 33.7 Å². The molecule has 5 rings (SSSR count). The van der Waals surface area contributed by atoms with Crippen molar-refractivity contribution in [3.8, 4) is 5.75 Å². The van der Waals surface area contributed by atoms with Crippen LogP contribution >= 0.6 is 0 Å². The van der Waals surface area contributed by atoms with Crippen LogP contribution in [0.25, 0.3) is 0 Å². The molecule has 0 saturated carbocycles. The Labute approximate surface area is 196 Å². The summed E-state index contributed by atoms with van der Waals surface area (Å²) in [6, 6.07) is 4.11. The molecule has 1 saturated heterocycles. The minimum absolute atomic E-state index is 0.154. The third kappa shape index (κ3) is 2.99. The van der Waals surface area contributed by atoms with E-state index < -0.39 is 40.8 Å². The molecule has 4 unspecified atom stereocenters. The smallest absolute Gasteiger partial charge is 0.234 e. The predicted molar refractivity (Wildman–Crippen MR) is 121 cm³/mol. The number of allylic oxidation sites excluding steroid dienone is 6. The largest absolute Gasteiger partial charge is 0.505 e. The molecule has 1 aliphatic heterocycles. The van der Waals surface area contributed by atoms with Crippen molar-refractivity contribution < 1.29 is 28.7 Å². The number of phenolic OH excluding ortho intramolecular Hbond substituents is 1. The third-order valence-corrected chi connectivity index (χ3v) is 7.56. The summed E-state index contributed by atoms with van der Waals surface area (Å²) < 4.78 is 14.4. The molecule has 1 N–H and O–H groups in total. The first-order valence-corrected chi connectivity index (χ1v) is 11.5. The van der Waals surface area contributed by atoms with Crippen molar-refractivity contribution in [2.75, 3.05) is 0 Å². The standard InChI is InChI=1S/C27H26FNO5/c1-12-10-19(30)22-17(23(12)31)11-16-13(20(22)14-6-5-7-18(28)24(14)32)8-9-15-21(16)26(34)29(25(15)33)27(2,3)4/h5-8,10,15-16,20-21,32H,9,11H2,1-4H3. The van der Waals surface area contributed by atoms with Gasteiger partial charge in [0.25, 0.3) is 0 Å². The third-order valence-electron chi connectivity index (χ3n) is 7.56. The zero-order valence-electron chi connectivity index (χ0n) is 19.5. The molecule has 0 bridgehead atoms. The Morgan fingerprint density at radius 3 is 2.44 bits per heavy atom. The monoisotopic (exact) mass is 463 g/mol. The first kappa shape index (κ1) is 22.4. The highest BCUT2D eigenvalue weighted by Gasteiger charge is 2.58. The van der Waals surface area contributed by atoms with Crippen molar-refractivity contribution in [3.63, 3.8) is 0 Å². The van der Waals surface area contributed by atoms with E-state index in [2.05, 4.69) is 0 Å². The zero-order valence-corrected chi connectivity index (χ0v) is 19.5. The number of Topliss-reactive ketones (excluding diaryl/α,β-unsaturated/α-hetero) is 1. The van der Waals surface area contributed by atoms with Crippen LogP contribution in [-0.4, -0.2) is 38.9 Å². The van der Waals surface area contributed by atoms with Gasteiger partial charge in [-0.15, -0.1) is 0 Å². The van der Waals surface area contributed by atoms with E-state index >= 15 is 0 Å². The minimum Gasteiger partial charge on any atom is -0.505 e. The predicted octanol–water partition coefficient (Wildman–Crippen LogP) is 3.76. The second kappa shape index (κ2) is 7.32. The molecule has 0 aromatic heterocycles. The highest BCUT2D eigenvalue weighted by molar-refractivity contribution is 6.23. The lowest BCUT2D eigenvalue weighted by Gasteiger charge is -2.42. The van der Waals surface area contributed by atoms with Crippen LogP contribution in [-0.2, 0) is 19.2 Å². The van der Waals surface area contributed by atoms with E-state index in [9.17, 15) is 28.7 Å². The maximum absolute atomic E-state index is 14.4. The van der Waals surface area contributed by atoms with E-state index in [1.165, 1.54) is 23.1 Å². The Hall–Kier alpha value is -3.35. The number of ketones is 2. The van der Waals surface area contributed by atoms with Crippen molar-refractivity contribution in [1.82, 2.24) is 4.90 Å². The number of imide groups is 1. The van der Waals surface area contributed by atoms with Gasteiger partial charge < -0.3 is 5.11 Å². The Morgan fingerprint density at radius 2 is 1.76 bits per heavy atom. The van der Waals surface area contributed by atoms with E-state index in [4.69, 9.17) is 0 Å². The summed E-state index contributed by atoms with van der Waals surface area (Å²) in [5, 5.41) is 10.6. The first-order valence-electron chi connectivity index (χ1n) is 11.5. The number of fused-ring (bicyclic) bond motifs is 3. The van der Waals surface area contributed by atoms with Gasteiger partial charge in [-0.2, -0.15) is 0 Å². The maximum Gasteiger partial charge on any atom is 0.234 e. The number of carbonyl (C=O) groups excluding carboxylic acids is 4. The van der Waals surface area contributed by atoms with Crippen molar-refractivity contribution >= 4 is 23.4 Å². The Balaban J connectivity index is 1.71. The molecule has 176 valence electrons. The molecular formula is C27H26FNO5. The molecule has 1 aromatic rings. The fourth-order valence-corrected chi connectivity index (χ4v) is 6.16. The average Bonchev–Trinajstić information content (AvgIpc) is 3.03. The van der Waals surface area contributed by atoms with Crippen LogP contribution in [0.15, 0.2) is 52.6 Å². The Kier molecular flexibility index (Phi) is 4.83. The van der Waals surface area contributed by atoms with Crippen LogP contribution in [0, 0.1) is 23.6 Å². The summed E-state index contributed by atoms with van der Waals surface area (Å²) >= 11 is 0. The molecule has 0 radical (unpaired) electrons. The number of benzene rings is 1. The van der Waals surface area contributed by atoms with E-state index in [1.54, 1.807) is 27.7 Å². The van der Waals surface area contributed by atoms with Gasteiger partial charge in [0.1, 0.15) is 0 Å². The highest BCUT2D eigenvalue weighted by atomic mass is 19.1. The molecule has 4 atom stereocenters. The topological polar surface area (TPSA) is 91.8 Å². The zero-order chi connectivity index (χ0) is 24.7. The van der Waals surface area contributed by atoms with Gasteiger partial charge in [-0.05, 0) is 58.6 Å². The van der Waals surface area contributed by atoms with Gasteiger partial charge in [-0.3, -0.25) is 24.1 Å². The number of amides is 2. The van der Waals surface area contributed by atoms with Gasteiger partial charge in [0.2, 0.25) is 11.8 Å². The number of likely N-dealkylation sites (tertiary alicyclic amines) is 1. The fraction of sp³-hybridized carbons (Fsp3) is 0.407. The lowest BCUT2D eigenvalue weighted by molar-refractivity contribution is -0.145. The van der Waals surface area contributed by atoms with Crippen LogP contribution in [0.1, 0.15) is 52.0 Å². The quantitative estimate of drug-likeness (QED) is 0.389. The summed E-state index contributed by atoms with van der Waals surface area (Å²) in [4.78, 5) is 54.4. The minimum atomic E-state index is -0.863. The second-order valence-electron chi connectivity index (χ2n) is 10.6. The molecular weight excluding hydrogens is 437 g/mol. The van der Waals surface area contributed by atoms with Gasteiger partial charge in [-0.1, -0.05) is 23.8 Å². The highest BCUT2D eigenvalue weighted by Crippen LogP contribution is 2.56. The molecule has 1 aromatic carbocycles. The Morgan fingerprint density at radius 1 is 1.06 bits per heavy atom. The van der Waals surface area contributed by atoms with E-state index in [0.717, 1.165) is 6.07 Å². The maximum atomic E-state index is 14.4. The van der Waals surface area contributed by atoms with Crippen molar-refractivity contribution in [3.05, 3.63) is 64.0 Å². The van der Waals surface area contributed by atoms with Gasteiger partial charge >= 0.3 is 0 Å². The SMILES string of the molecule is CC1=CC(=O)C2=C(CC3C(=CCC4C(=O)N(C(C)(C)C)C(=O)C43)C2c2cccc(F)c2O)C1=O. The number of hydrogen-bond acceptors (Lipinski definition) is 5. The van der Waals surface area contributed by atoms with Gasteiger partial charge in [0.05, 0.1) is 11.8 Å². The van der Waals surface area contributed by atoms with E-state index in [0.29, 0.717) is 17.6 Å². The summed E-state index contributed by atoms with van der Waals surface area (Å²) in [6.45, 7) is 6.99. The molecule has 0 spiro atoms. The number of halogens is 1. The number of phenols is 1. The number of carbonyl (C=O) groups is 4. The summed E-state index contributed by atoms with van der Waals surface area (Å²) in [5.41, 5.74) is 0.988. The molecule has 1 fully saturated rings. The molecule has 3 aliphatic carbocycles. The average molecular weight is 464 g/mol. The van der Waals surface area contributed by atoms with Gasteiger partial charge in [0.15, 0.2) is 23.1 Å². The summed E-state index contributed by atoms with van der Waals surface area (Å²) in [7, 11) is 0. The second-order valence-corrected chi connectivity index (χ2v) is 10.6. The number of rotatable bonds is 1. The lowest BCUT2D eigenvalue weighted by Crippen LogP contribution is -2.46. The normalized spacial score (nSPS) is 29.0. The molecule has 4 aliphatic rings. The van der Waals surface area contributed by atoms with Crippen molar-refractivity contribution in [2.45, 2.75) is 52.0 Å². The molecule has 1 heterocycles. The number of para-hydroxylation sites is 1. The number of nitrogens with zero attached hydrogens (tertiary/aromatic N) is 1. The van der Waals surface area contributed by atoms with E-state index in [-0.39, 0.29) is 46.5 Å². The molecule has 6 nitrogen and oxygen atoms in total. The van der Waals surface area contributed by atoms with Crippen LogP contribution < -0.4 is 0 Å².